The van der Waals surface area contributed by atoms with E-state index in [0.717, 1.165) is 110 Å². The van der Waals surface area contributed by atoms with Crippen LogP contribution in [0.3, 0.4) is 0 Å². The van der Waals surface area contributed by atoms with Gasteiger partial charge in [0.25, 0.3) is 0 Å². The van der Waals surface area contributed by atoms with Crippen LogP contribution in [-0.2, 0) is 38.0 Å². The molecule has 11 nitrogen and oxygen atoms in total. The first kappa shape index (κ1) is 59.0. The number of unbranched alkanes of at least 4 members (excludes halogenated alkanes) is 22. The Morgan fingerprint density at radius 3 is 1.31 bits per heavy atom. The van der Waals surface area contributed by atoms with Gasteiger partial charge >= 0.3 is 24.2 Å². The molecule has 1 atom stereocenters. The van der Waals surface area contributed by atoms with Crippen LogP contribution in [0.2, 0.25) is 0 Å². The molecular formula is C51H93NO10. The van der Waals surface area contributed by atoms with Gasteiger partial charge in [-0.1, -0.05) is 157 Å². The van der Waals surface area contributed by atoms with E-state index in [1.807, 2.05) is 0 Å². The molecule has 0 spiro atoms. The summed E-state index contributed by atoms with van der Waals surface area (Å²) in [6.07, 6.45) is 29.5. The van der Waals surface area contributed by atoms with Gasteiger partial charge < -0.3 is 33.3 Å². The molecule has 0 saturated heterocycles. The maximum absolute atomic E-state index is 12.9. The number of hydrogen-bond acceptors (Lipinski definition) is 11. The van der Waals surface area contributed by atoms with Crippen LogP contribution in [0.1, 0.15) is 227 Å². The maximum atomic E-state index is 12.9. The number of rotatable bonds is 43. The van der Waals surface area contributed by atoms with E-state index >= 15 is 0 Å². The van der Waals surface area contributed by atoms with Gasteiger partial charge in [-0.2, -0.15) is 0 Å². The van der Waals surface area contributed by atoms with Crippen LogP contribution in [-0.4, -0.2) is 87.9 Å². The largest absolute Gasteiger partial charge is 0.508 e. The standard InChI is InChI=1S/C51H93NO10/c1-6-11-14-17-20-21-22-23-24-25-26-27-28-29-32-35-40-57-50(55)60-44-46(45-61-51(56)58-41-36-39-52(9-4)10-5)43-59-48(53)42-49(54)62-47(37-33-30-18-15-12-7-2)38-34-31-19-16-13-8-3/h46-47H,6-22,25-45H2,1-5H3. The number of hydrogen-bond donors (Lipinski definition) is 0. The van der Waals surface area contributed by atoms with Gasteiger partial charge in [0.2, 0.25) is 0 Å². The van der Waals surface area contributed by atoms with E-state index in [2.05, 4.69) is 51.4 Å². The molecule has 0 aliphatic heterocycles. The fourth-order valence-corrected chi connectivity index (χ4v) is 7.11. The molecule has 0 aromatic carbocycles. The highest BCUT2D eigenvalue weighted by Crippen LogP contribution is 2.18. The monoisotopic (exact) mass is 880 g/mol. The first-order chi connectivity index (χ1) is 30.3. The smallest absolute Gasteiger partial charge is 0.465 e. The lowest BCUT2D eigenvalue weighted by Crippen LogP contribution is -2.28. The van der Waals surface area contributed by atoms with Crippen molar-refractivity contribution >= 4 is 24.2 Å². The fourth-order valence-electron chi connectivity index (χ4n) is 7.11. The predicted molar refractivity (Wildman–Crippen MR) is 250 cm³/mol. The Hall–Kier alpha value is -3.00. The molecule has 0 radical (unpaired) electrons. The van der Waals surface area contributed by atoms with Crippen LogP contribution in [0.4, 0.5) is 9.59 Å². The van der Waals surface area contributed by atoms with Crippen molar-refractivity contribution in [3.63, 3.8) is 0 Å². The van der Waals surface area contributed by atoms with Crippen LogP contribution in [0.25, 0.3) is 0 Å². The van der Waals surface area contributed by atoms with Crippen molar-refractivity contribution in [2.45, 2.75) is 233 Å². The summed E-state index contributed by atoms with van der Waals surface area (Å²) >= 11 is 0. The SMILES string of the molecule is CCCCCCCCC#CCCCCCCCCOC(=O)OCC(COC(=O)CC(=O)OC(CCCCCCCC)CCCCCCCC)COC(=O)OCCCN(CC)CC. The average Bonchev–Trinajstić information content (AvgIpc) is 3.26. The number of carbonyl (C=O) groups is 4. The number of esters is 2. The first-order valence-electron chi connectivity index (χ1n) is 25.4. The molecule has 0 bridgehead atoms. The Bertz CT molecular complexity index is 1100. The minimum Gasteiger partial charge on any atom is -0.465 e. The summed E-state index contributed by atoms with van der Waals surface area (Å²) < 4.78 is 32.4. The van der Waals surface area contributed by atoms with Gasteiger partial charge in [0.05, 0.1) is 19.1 Å². The molecule has 0 aromatic heterocycles. The van der Waals surface area contributed by atoms with Crippen molar-refractivity contribution in [3.8, 4) is 11.8 Å². The second-order valence-electron chi connectivity index (χ2n) is 16.9. The highest BCUT2D eigenvalue weighted by molar-refractivity contribution is 5.91. The quantitative estimate of drug-likeness (QED) is 0.0191. The molecule has 0 aliphatic carbocycles. The van der Waals surface area contributed by atoms with Crippen LogP contribution in [0.15, 0.2) is 0 Å². The van der Waals surface area contributed by atoms with E-state index in [-0.39, 0.29) is 39.1 Å². The van der Waals surface area contributed by atoms with E-state index in [4.69, 9.17) is 28.4 Å². The molecular weight excluding hydrogens is 787 g/mol. The highest BCUT2D eigenvalue weighted by Gasteiger charge is 2.22. The fraction of sp³-hybridized carbons (Fsp3) is 0.882. The third kappa shape index (κ3) is 41.0. The molecule has 362 valence electrons. The number of nitrogens with zero attached hydrogens (tertiary/aromatic N) is 1. The van der Waals surface area contributed by atoms with Gasteiger partial charge in [-0.05, 0) is 64.5 Å². The van der Waals surface area contributed by atoms with Gasteiger partial charge in [-0.15, -0.1) is 11.8 Å². The zero-order valence-electron chi connectivity index (χ0n) is 40.6. The molecule has 0 aromatic rings. The Balaban J connectivity index is 4.80. The van der Waals surface area contributed by atoms with Crippen LogP contribution < -0.4 is 0 Å². The van der Waals surface area contributed by atoms with Crippen LogP contribution >= 0.6 is 0 Å². The van der Waals surface area contributed by atoms with Gasteiger partial charge in [0, 0.05) is 19.4 Å². The third-order valence-corrected chi connectivity index (χ3v) is 11.1. The lowest BCUT2D eigenvalue weighted by Gasteiger charge is -2.19. The predicted octanol–water partition coefficient (Wildman–Crippen LogP) is 13.5. The Kier molecular flexibility index (Phi) is 43.8. The van der Waals surface area contributed by atoms with Crippen molar-refractivity contribution in [2.24, 2.45) is 5.92 Å². The summed E-state index contributed by atoms with van der Waals surface area (Å²) in [6, 6.07) is 0. The van der Waals surface area contributed by atoms with Crippen molar-refractivity contribution < 1.29 is 47.6 Å². The van der Waals surface area contributed by atoms with E-state index in [1.54, 1.807) is 0 Å². The Morgan fingerprint density at radius 1 is 0.435 bits per heavy atom. The summed E-state index contributed by atoms with van der Waals surface area (Å²) in [5.41, 5.74) is 0. The second kappa shape index (κ2) is 46.0. The Morgan fingerprint density at radius 2 is 0.839 bits per heavy atom. The lowest BCUT2D eigenvalue weighted by molar-refractivity contribution is -0.159. The molecule has 0 amide bonds. The summed E-state index contributed by atoms with van der Waals surface area (Å²) in [5.74, 6) is 4.57. The zero-order valence-corrected chi connectivity index (χ0v) is 40.6. The van der Waals surface area contributed by atoms with Gasteiger partial charge in [0.1, 0.15) is 32.3 Å². The van der Waals surface area contributed by atoms with Gasteiger partial charge in [-0.3, -0.25) is 9.59 Å². The minimum absolute atomic E-state index is 0.201. The van der Waals surface area contributed by atoms with Crippen LogP contribution in [0.5, 0.6) is 0 Å². The van der Waals surface area contributed by atoms with Crippen molar-refractivity contribution in [1.82, 2.24) is 4.90 Å². The molecule has 11 heteroatoms. The lowest BCUT2D eigenvalue weighted by atomic mass is 10.0. The summed E-state index contributed by atoms with van der Waals surface area (Å²) in [6.45, 7) is 13.2. The summed E-state index contributed by atoms with van der Waals surface area (Å²) in [7, 11) is 0. The van der Waals surface area contributed by atoms with E-state index < -0.39 is 36.6 Å². The van der Waals surface area contributed by atoms with Crippen molar-refractivity contribution in [1.29, 1.82) is 0 Å². The van der Waals surface area contributed by atoms with E-state index in [0.29, 0.717) is 6.42 Å². The normalized spacial score (nSPS) is 11.5. The molecule has 0 saturated carbocycles. The van der Waals surface area contributed by atoms with E-state index in [1.165, 1.54) is 89.9 Å². The van der Waals surface area contributed by atoms with Gasteiger partial charge in [0.15, 0.2) is 0 Å². The molecule has 0 rings (SSSR count). The topological polar surface area (TPSA) is 127 Å². The van der Waals surface area contributed by atoms with Crippen LogP contribution in [0, 0.1) is 17.8 Å². The first-order valence-corrected chi connectivity index (χ1v) is 25.4. The number of carbonyl (C=O) groups excluding carboxylic acids is 4. The molecule has 62 heavy (non-hydrogen) atoms. The molecule has 0 heterocycles. The molecule has 1 unspecified atom stereocenters. The summed E-state index contributed by atoms with van der Waals surface area (Å²) in [4.78, 5) is 52.7. The number of ether oxygens (including phenoxy) is 6. The average molecular weight is 880 g/mol. The molecule has 0 aliphatic rings. The third-order valence-electron chi connectivity index (χ3n) is 11.1. The Labute approximate surface area is 379 Å². The highest BCUT2D eigenvalue weighted by atomic mass is 16.7. The van der Waals surface area contributed by atoms with Crippen molar-refractivity contribution in [3.05, 3.63) is 0 Å². The van der Waals surface area contributed by atoms with E-state index in [9.17, 15) is 19.2 Å². The van der Waals surface area contributed by atoms with Crippen molar-refractivity contribution in [2.75, 3.05) is 52.7 Å². The summed E-state index contributed by atoms with van der Waals surface area (Å²) in [5, 5.41) is 0. The van der Waals surface area contributed by atoms with Gasteiger partial charge in [-0.25, -0.2) is 9.59 Å². The maximum Gasteiger partial charge on any atom is 0.508 e. The minimum atomic E-state index is -0.856. The molecule has 0 fully saturated rings. The molecule has 0 N–H and O–H groups in total. The second-order valence-corrected chi connectivity index (χ2v) is 16.9. The zero-order chi connectivity index (χ0) is 45.6.